The van der Waals surface area contributed by atoms with Crippen molar-refractivity contribution < 1.29 is 26.7 Å². The number of hydrogen-bond donors (Lipinski definition) is 2. The predicted octanol–water partition coefficient (Wildman–Crippen LogP) is 5.57. The molecule has 0 fully saturated rings. The molecule has 8 nitrogen and oxygen atoms in total. The van der Waals surface area contributed by atoms with E-state index < -0.39 is 23.9 Å². The van der Waals surface area contributed by atoms with Crippen LogP contribution in [0.3, 0.4) is 0 Å². The van der Waals surface area contributed by atoms with Gasteiger partial charge in [0.2, 0.25) is 0 Å². The molecule has 1 aliphatic rings. The normalized spacial score (nSPS) is 13.6. The summed E-state index contributed by atoms with van der Waals surface area (Å²) in [5.74, 6) is 0.147. The molecule has 0 aliphatic carbocycles. The number of aromatic nitrogens is 4. The van der Waals surface area contributed by atoms with Gasteiger partial charge in [-0.2, -0.15) is 13.2 Å². The lowest BCUT2D eigenvalue weighted by atomic mass is 9.99. The lowest BCUT2D eigenvalue weighted by Crippen LogP contribution is -2.28. The van der Waals surface area contributed by atoms with Gasteiger partial charge in [-0.05, 0) is 30.7 Å². The molecule has 1 aromatic carbocycles. The number of anilines is 3. The van der Waals surface area contributed by atoms with E-state index in [-0.39, 0.29) is 75.7 Å². The quantitative estimate of drug-likeness (QED) is 0.316. The van der Waals surface area contributed by atoms with E-state index in [1.165, 1.54) is 31.6 Å². The number of hydrogen-bond acceptors (Lipinski definition) is 8. The first-order chi connectivity index (χ1) is 18.0. The van der Waals surface area contributed by atoms with Crippen molar-refractivity contribution in [2.45, 2.75) is 26.1 Å². The van der Waals surface area contributed by atoms with Gasteiger partial charge < -0.3 is 21.1 Å². The van der Waals surface area contributed by atoms with E-state index >= 15 is 0 Å². The Balaban J connectivity index is 1.71. The van der Waals surface area contributed by atoms with Crippen LogP contribution in [0.15, 0.2) is 30.7 Å². The fourth-order valence-corrected chi connectivity index (χ4v) is 4.85. The highest BCUT2D eigenvalue weighted by Crippen LogP contribution is 2.48. The third-order valence-corrected chi connectivity index (χ3v) is 6.57. The summed E-state index contributed by atoms with van der Waals surface area (Å²) in [6.07, 6.45) is -5.12. The topological polar surface area (TPSA) is 116 Å². The van der Waals surface area contributed by atoms with Gasteiger partial charge in [0.15, 0.2) is 5.75 Å². The lowest BCUT2D eigenvalue weighted by Gasteiger charge is -2.24. The molecule has 0 saturated heterocycles. The number of alkyl halides is 5. The summed E-state index contributed by atoms with van der Waals surface area (Å²) in [5.41, 5.74) is 10.1. The number of pyridine rings is 2. The van der Waals surface area contributed by atoms with Crippen molar-refractivity contribution in [2.75, 3.05) is 29.5 Å². The molecule has 0 unspecified atom stereocenters. The van der Waals surface area contributed by atoms with E-state index in [0.29, 0.717) is 5.39 Å². The highest BCUT2D eigenvalue weighted by Gasteiger charge is 2.38. The molecule has 0 atom stereocenters. The Morgan fingerprint density at radius 3 is 2.63 bits per heavy atom. The molecule has 1 aliphatic heterocycles. The SMILES string of the molecule is Cc1cc(N)nc(-c2cc3ncnc4c3c(c2Cl)OCCN4Cc2c(C(F)F)ccnc2N)c1C(F)(F)F. The van der Waals surface area contributed by atoms with Crippen LogP contribution in [0.25, 0.3) is 22.2 Å². The molecule has 0 bridgehead atoms. The average Bonchev–Trinajstić information content (AvgIpc) is 3.01. The van der Waals surface area contributed by atoms with Crippen molar-refractivity contribution in [3.63, 3.8) is 0 Å². The predicted molar refractivity (Wildman–Crippen MR) is 132 cm³/mol. The molecule has 198 valence electrons. The van der Waals surface area contributed by atoms with Crippen molar-refractivity contribution in [3.8, 4) is 17.0 Å². The molecule has 4 heterocycles. The molecular formula is C24H19ClF5N7O. The number of benzene rings is 1. The minimum Gasteiger partial charge on any atom is -0.489 e. The fourth-order valence-electron chi connectivity index (χ4n) is 4.56. The van der Waals surface area contributed by atoms with Gasteiger partial charge >= 0.3 is 6.18 Å². The van der Waals surface area contributed by atoms with Gasteiger partial charge in [0.05, 0.1) is 33.7 Å². The third kappa shape index (κ3) is 4.36. The highest BCUT2D eigenvalue weighted by molar-refractivity contribution is 6.36. The second-order valence-corrected chi connectivity index (χ2v) is 8.96. The summed E-state index contributed by atoms with van der Waals surface area (Å²) in [5, 5.41) is 0.154. The Morgan fingerprint density at radius 1 is 1.16 bits per heavy atom. The van der Waals surface area contributed by atoms with Crippen LogP contribution in [0.1, 0.15) is 28.7 Å². The molecule has 0 amide bonds. The van der Waals surface area contributed by atoms with E-state index in [9.17, 15) is 22.0 Å². The third-order valence-electron chi connectivity index (χ3n) is 6.19. The van der Waals surface area contributed by atoms with Crippen LogP contribution in [0.4, 0.5) is 39.4 Å². The van der Waals surface area contributed by atoms with Crippen LogP contribution in [-0.4, -0.2) is 33.1 Å². The molecule has 4 aromatic rings. The maximum atomic E-state index is 14.0. The molecule has 4 N–H and O–H groups in total. The van der Waals surface area contributed by atoms with Crippen molar-refractivity contribution in [1.82, 2.24) is 19.9 Å². The Kier molecular flexibility index (Phi) is 6.33. The molecule has 38 heavy (non-hydrogen) atoms. The average molecular weight is 552 g/mol. The zero-order valence-electron chi connectivity index (χ0n) is 19.7. The number of aryl methyl sites for hydroxylation is 1. The first-order valence-electron chi connectivity index (χ1n) is 11.2. The van der Waals surface area contributed by atoms with Gasteiger partial charge in [-0.15, -0.1) is 0 Å². The van der Waals surface area contributed by atoms with Gasteiger partial charge in [0, 0.05) is 29.4 Å². The van der Waals surface area contributed by atoms with E-state index in [4.69, 9.17) is 27.8 Å². The Morgan fingerprint density at radius 2 is 1.92 bits per heavy atom. The first kappa shape index (κ1) is 25.6. The zero-order chi connectivity index (χ0) is 27.4. The molecular weight excluding hydrogens is 533 g/mol. The summed E-state index contributed by atoms with van der Waals surface area (Å²) < 4.78 is 75.3. The van der Waals surface area contributed by atoms with Gasteiger partial charge in [-0.25, -0.2) is 28.7 Å². The highest BCUT2D eigenvalue weighted by atomic mass is 35.5. The van der Waals surface area contributed by atoms with Crippen LogP contribution < -0.4 is 21.1 Å². The lowest BCUT2D eigenvalue weighted by molar-refractivity contribution is -0.137. The second kappa shape index (κ2) is 9.39. The van der Waals surface area contributed by atoms with E-state index in [2.05, 4.69) is 19.9 Å². The molecule has 3 aromatic heterocycles. The fraction of sp³-hybridized carbons (Fsp3) is 0.250. The van der Waals surface area contributed by atoms with Gasteiger partial charge in [0.1, 0.15) is 30.4 Å². The number of nitrogens with zero attached hydrogens (tertiary/aromatic N) is 5. The minimum absolute atomic E-state index is 0.00826. The van der Waals surface area contributed by atoms with Gasteiger partial charge in [-0.3, -0.25) is 0 Å². The van der Waals surface area contributed by atoms with Crippen LogP contribution in [0, 0.1) is 6.92 Å². The Labute approximate surface area is 217 Å². The van der Waals surface area contributed by atoms with Crippen LogP contribution in [-0.2, 0) is 12.7 Å². The van der Waals surface area contributed by atoms with Gasteiger partial charge in [-0.1, -0.05) is 11.6 Å². The number of nitrogen functional groups attached to an aromatic ring is 2. The first-order valence-corrected chi connectivity index (χ1v) is 11.6. The molecule has 0 saturated carbocycles. The van der Waals surface area contributed by atoms with E-state index in [0.717, 1.165) is 6.07 Å². The Hall–Kier alpha value is -4.00. The van der Waals surface area contributed by atoms with Crippen molar-refractivity contribution >= 4 is 40.0 Å². The summed E-state index contributed by atoms with van der Waals surface area (Å²) in [7, 11) is 0. The zero-order valence-corrected chi connectivity index (χ0v) is 20.4. The van der Waals surface area contributed by atoms with Crippen molar-refractivity contribution in [1.29, 1.82) is 0 Å². The Bertz CT molecular complexity index is 1560. The summed E-state index contributed by atoms with van der Waals surface area (Å²) >= 11 is 6.65. The minimum atomic E-state index is -4.74. The molecule has 0 radical (unpaired) electrons. The van der Waals surface area contributed by atoms with Gasteiger partial charge in [0.25, 0.3) is 6.43 Å². The number of nitrogens with two attached hydrogens (primary N) is 2. The van der Waals surface area contributed by atoms with Crippen LogP contribution >= 0.6 is 11.6 Å². The van der Waals surface area contributed by atoms with Crippen molar-refractivity contribution in [2.24, 2.45) is 0 Å². The number of ether oxygens (including phenoxy) is 1. The number of halogens is 6. The summed E-state index contributed by atoms with van der Waals surface area (Å²) in [4.78, 5) is 18.1. The summed E-state index contributed by atoms with van der Waals surface area (Å²) in [6, 6.07) is 3.66. The summed E-state index contributed by atoms with van der Waals surface area (Å²) in [6.45, 7) is 1.38. The maximum Gasteiger partial charge on any atom is 0.418 e. The van der Waals surface area contributed by atoms with Crippen LogP contribution in [0.2, 0.25) is 5.02 Å². The second-order valence-electron chi connectivity index (χ2n) is 8.58. The maximum absolute atomic E-state index is 14.0. The molecule has 0 spiro atoms. The standard InChI is InChI=1S/C24H19ClF5N7O/c1-10-6-15(31)36-19(17(10)24(28,29)30)12-7-14-16-20(18(12)25)38-5-4-37(23(16)35-9-34-14)8-13-11(21(26)27)2-3-33-22(13)32/h2-3,6-7,9,21H,4-5,8H2,1H3,(H2,31,36)(H2,32,33). The molecule has 14 heteroatoms. The van der Waals surface area contributed by atoms with E-state index in [1.807, 2.05) is 0 Å². The van der Waals surface area contributed by atoms with E-state index in [1.54, 1.807) is 4.90 Å². The monoisotopic (exact) mass is 551 g/mol. The smallest absolute Gasteiger partial charge is 0.418 e. The van der Waals surface area contributed by atoms with Crippen molar-refractivity contribution in [3.05, 3.63) is 58.0 Å². The largest absolute Gasteiger partial charge is 0.489 e. The van der Waals surface area contributed by atoms with Crippen LogP contribution in [0.5, 0.6) is 5.75 Å². The number of rotatable bonds is 4. The molecule has 5 rings (SSSR count).